The number of piperidine rings is 1. The Morgan fingerprint density at radius 3 is 2.53 bits per heavy atom. The number of rotatable bonds is 4. The van der Waals surface area contributed by atoms with Crippen LogP contribution in [0, 0.1) is 5.92 Å². The topological polar surface area (TPSA) is 51.7 Å². The fourth-order valence-corrected chi connectivity index (χ4v) is 4.35. The van der Waals surface area contributed by atoms with Gasteiger partial charge in [-0.1, -0.05) is 43.3 Å². The normalized spacial score (nSPS) is 20.9. The average Bonchev–Trinajstić information content (AvgIpc) is 2.79. The summed E-state index contributed by atoms with van der Waals surface area (Å²) in [6.07, 6.45) is 4.35. The van der Waals surface area contributed by atoms with E-state index in [1.165, 1.54) is 18.4 Å². The minimum Gasteiger partial charge on any atom is -0.357 e. The van der Waals surface area contributed by atoms with Crippen molar-refractivity contribution in [2.45, 2.75) is 32.4 Å². The van der Waals surface area contributed by atoms with E-state index in [9.17, 15) is 4.79 Å². The third kappa shape index (κ3) is 4.93. The fraction of sp³-hybridized carbons (Fsp3) is 0.500. The van der Waals surface area contributed by atoms with Crippen LogP contribution in [-0.4, -0.2) is 60.6 Å². The molecule has 1 aromatic heterocycles. The van der Waals surface area contributed by atoms with Crippen molar-refractivity contribution in [3.8, 4) is 0 Å². The molecule has 2 saturated heterocycles. The Morgan fingerprint density at radius 2 is 1.83 bits per heavy atom. The molecule has 2 amide bonds. The lowest BCUT2D eigenvalue weighted by atomic mass is 9.99. The maximum Gasteiger partial charge on any atom is 0.318 e. The summed E-state index contributed by atoms with van der Waals surface area (Å²) in [6, 6.07) is 14.5. The first-order valence-electron chi connectivity index (χ1n) is 11.1. The SMILES string of the molecule is CC1CCN(c2ccc(CNC(=O)N3CCN(C)CC3c3ccccc3)cn2)CC1. The van der Waals surface area contributed by atoms with Crippen LogP contribution in [0.4, 0.5) is 10.6 Å². The molecule has 6 nitrogen and oxygen atoms in total. The Morgan fingerprint density at radius 1 is 1.07 bits per heavy atom. The number of likely N-dealkylation sites (N-methyl/N-ethyl adjacent to an activating group) is 1. The zero-order valence-electron chi connectivity index (χ0n) is 18.1. The highest BCUT2D eigenvalue weighted by Gasteiger charge is 2.30. The summed E-state index contributed by atoms with van der Waals surface area (Å²) >= 11 is 0. The molecule has 3 heterocycles. The maximum absolute atomic E-state index is 13.0. The number of carbonyl (C=O) groups is 1. The number of urea groups is 1. The van der Waals surface area contributed by atoms with E-state index in [0.29, 0.717) is 6.54 Å². The lowest BCUT2D eigenvalue weighted by Gasteiger charge is -2.40. The molecule has 0 bridgehead atoms. The van der Waals surface area contributed by atoms with Crippen LogP contribution in [0.3, 0.4) is 0 Å². The molecule has 1 aromatic carbocycles. The van der Waals surface area contributed by atoms with Gasteiger partial charge in [0.1, 0.15) is 5.82 Å². The van der Waals surface area contributed by atoms with E-state index >= 15 is 0 Å². The Balaban J connectivity index is 1.35. The highest BCUT2D eigenvalue weighted by Crippen LogP contribution is 2.25. The molecule has 0 saturated carbocycles. The summed E-state index contributed by atoms with van der Waals surface area (Å²) in [6.45, 7) is 7.44. The van der Waals surface area contributed by atoms with E-state index in [0.717, 1.165) is 50.0 Å². The monoisotopic (exact) mass is 407 g/mol. The highest BCUT2D eigenvalue weighted by molar-refractivity contribution is 5.75. The number of piperazine rings is 1. The van der Waals surface area contributed by atoms with Gasteiger partial charge in [-0.3, -0.25) is 0 Å². The minimum absolute atomic E-state index is 0.00829. The lowest BCUT2D eigenvalue weighted by Crippen LogP contribution is -2.52. The van der Waals surface area contributed by atoms with Crippen molar-refractivity contribution in [3.05, 3.63) is 59.8 Å². The number of amides is 2. The van der Waals surface area contributed by atoms with Crippen molar-refractivity contribution in [2.75, 3.05) is 44.7 Å². The number of benzene rings is 1. The molecular formula is C24H33N5O. The van der Waals surface area contributed by atoms with Gasteiger partial charge in [-0.2, -0.15) is 0 Å². The molecule has 0 spiro atoms. The van der Waals surface area contributed by atoms with Gasteiger partial charge >= 0.3 is 6.03 Å². The van der Waals surface area contributed by atoms with Gasteiger partial charge in [0.15, 0.2) is 0 Å². The first-order valence-corrected chi connectivity index (χ1v) is 11.1. The molecule has 1 unspecified atom stereocenters. The van der Waals surface area contributed by atoms with Crippen LogP contribution in [0.15, 0.2) is 48.7 Å². The molecule has 1 N–H and O–H groups in total. The number of aromatic nitrogens is 1. The van der Waals surface area contributed by atoms with Gasteiger partial charge in [0.05, 0.1) is 6.04 Å². The molecule has 0 aliphatic carbocycles. The van der Waals surface area contributed by atoms with Gasteiger partial charge < -0.3 is 20.0 Å². The Bertz CT molecular complexity index is 817. The predicted molar refractivity (Wildman–Crippen MR) is 120 cm³/mol. The summed E-state index contributed by atoms with van der Waals surface area (Å²) in [5.41, 5.74) is 2.21. The van der Waals surface area contributed by atoms with Gasteiger partial charge in [0, 0.05) is 45.5 Å². The van der Waals surface area contributed by atoms with Crippen molar-refractivity contribution in [1.29, 1.82) is 0 Å². The molecule has 30 heavy (non-hydrogen) atoms. The van der Waals surface area contributed by atoms with Gasteiger partial charge in [-0.25, -0.2) is 9.78 Å². The summed E-state index contributed by atoms with van der Waals surface area (Å²) in [5.74, 6) is 1.85. The fourth-order valence-electron chi connectivity index (χ4n) is 4.35. The quantitative estimate of drug-likeness (QED) is 0.843. The van der Waals surface area contributed by atoms with E-state index in [4.69, 9.17) is 0 Å². The number of nitrogens with one attached hydrogen (secondary N) is 1. The molecule has 160 valence electrons. The number of hydrogen-bond acceptors (Lipinski definition) is 4. The van der Waals surface area contributed by atoms with Crippen LogP contribution in [0.25, 0.3) is 0 Å². The van der Waals surface area contributed by atoms with Crippen molar-refractivity contribution in [2.24, 2.45) is 5.92 Å². The van der Waals surface area contributed by atoms with Gasteiger partial charge in [0.2, 0.25) is 0 Å². The van der Waals surface area contributed by atoms with E-state index in [1.807, 2.05) is 29.3 Å². The average molecular weight is 408 g/mol. The summed E-state index contributed by atoms with van der Waals surface area (Å²) in [7, 11) is 2.11. The number of nitrogens with zero attached hydrogens (tertiary/aromatic N) is 4. The smallest absolute Gasteiger partial charge is 0.318 e. The summed E-state index contributed by atoms with van der Waals surface area (Å²) in [5, 5.41) is 3.10. The standard InChI is InChI=1S/C24H33N5O/c1-19-10-12-28(13-11-19)23-9-8-20(16-25-23)17-26-24(30)29-15-14-27(2)18-22(29)21-6-4-3-5-7-21/h3-9,16,19,22H,10-15,17-18H2,1-2H3,(H,26,30). The third-order valence-corrected chi connectivity index (χ3v) is 6.39. The van der Waals surface area contributed by atoms with Gasteiger partial charge in [-0.05, 0) is 43.0 Å². The second-order valence-corrected chi connectivity index (χ2v) is 8.74. The molecule has 4 rings (SSSR count). The van der Waals surface area contributed by atoms with Crippen LogP contribution in [0.2, 0.25) is 0 Å². The third-order valence-electron chi connectivity index (χ3n) is 6.39. The Kier molecular flexibility index (Phi) is 6.53. The van der Waals surface area contributed by atoms with Gasteiger partial charge in [0.25, 0.3) is 0 Å². The van der Waals surface area contributed by atoms with E-state index < -0.39 is 0 Å². The van der Waals surface area contributed by atoms with E-state index in [-0.39, 0.29) is 12.1 Å². The number of carbonyl (C=O) groups excluding carboxylic acids is 1. The molecule has 2 aliphatic rings. The van der Waals surface area contributed by atoms with E-state index in [1.54, 1.807) is 0 Å². The first kappa shape index (κ1) is 20.7. The second kappa shape index (κ2) is 9.47. The van der Waals surface area contributed by atoms with Gasteiger partial charge in [-0.15, -0.1) is 0 Å². The van der Waals surface area contributed by atoms with Crippen molar-refractivity contribution in [1.82, 2.24) is 20.1 Å². The largest absolute Gasteiger partial charge is 0.357 e. The van der Waals surface area contributed by atoms with Crippen molar-refractivity contribution >= 4 is 11.8 Å². The molecule has 2 aliphatic heterocycles. The molecule has 1 atom stereocenters. The number of hydrogen-bond donors (Lipinski definition) is 1. The number of pyridine rings is 1. The van der Waals surface area contributed by atoms with Crippen LogP contribution >= 0.6 is 0 Å². The van der Waals surface area contributed by atoms with Crippen LogP contribution in [0.5, 0.6) is 0 Å². The number of anilines is 1. The highest BCUT2D eigenvalue weighted by atomic mass is 16.2. The predicted octanol–water partition coefficient (Wildman–Crippen LogP) is 3.52. The Labute approximate surface area is 179 Å². The molecule has 6 heteroatoms. The van der Waals surface area contributed by atoms with E-state index in [2.05, 4.69) is 58.3 Å². The summed E-state index contributed by atoms with van der Waals surface area (Å²) in [4.78, 5) is 24.2. The molecule has 2 aromatic rings. The molecular weight excluding hydrogens is 374 g/mol. The van der Waals surface area contributed by atoms with Crippen LogP contribution in [0.1, 0.15) is 36.9 Å². The zero-order chi connectivity index (χ0) is 20.9. The van der Waals surface area contributed by atoms with Crippen molar-refractivity contribution < 1.29 is 4.79 Å². The minimum atomic E-state index is -0.00829. The van der Waals surface area contributed by atoms with Crippen LogP contribution < -0.4 is 10.2 Å². The maximum atomic E-state index is 13.0. The zero-order valence-corrected chi connectivity index (χ0v) is 18.1. The van der Waals surface area contributed by atoms with Crippen molar-refractivity contribution in [3.63, 3.8) is 0 Å². The lowest BCUT2D eigenvalue weighted by molar-refractivity contribution is 0.108. The molecule has 0 radical (unpaired) electrons. The molecule has 2 fully saturated rings. The Hall–Kier alpha value is -2.60. The second-order valence-electron chi connectivity index (χ2n) is 8.74. The summed E-state index contributed by atoms with van der Waals surface area (Å²) < 4.78 is 0. The first-order chi connectivity index (χ1) is 14.6. The van der Waals surface area contributed by atoms with Crippen LogP contribution in [-0.2, 0) is 6.54 Å².